The van der Waals surface area contributed by atoms with Gasteiger partial charge in [-0.25, -0.2) is 0 Å². The SMILES string of the molecule is CBC(CC)C1CC1NC. The molecule has 0 radical (unpaired) electrons. The molecule has 1 fully saturated rings. The zero-order chi connectivity index (χ0) is 7.56. The Morgan fingerprint density at radius 1 is 1.70 bits per heavy atom. The Balaban J connectivity index is 2.22. The molecule has 58 valence electrons. The Labute approximate surface area is 64.8 Å². The first-order chi connectivity index (χ1) is 4.83. The molecule has 1 N–H and O–H groups in total. The Morgan fingerprint density at radius 2 is 2.40 bits per heavy atom. The molecular formula is C8H18BN. The van der Waals surface area contributed by atoms with E-state index in [1.54, 1.807) is 0 Å². The predicted octanol–water partition coefficient (Wildman–Crippen LogP) is 1.28. The fraction of sp³-hybridized carbons (Fsp3) is 1.00. The monoisotopic (exact) mass is 139 g/mol. The summed E-state index contributed by atoms with van der Waals surface area (Å²) < 4.78 is 0. The van der Waals surface area contributed by atoms with Crippen molar-refractivity contribution in [2.45, 2.75) is 38.4 Å². The molecule has 1 aliphatic rings. The fourth-order valence-electron chi connectivity index (χ4n) is 1.96. The maximum Gasteiger partial charge on any atom is 0.121 e. The van der Waals surface area contributed by atoms with Crippen molar-refractivity contribution in [3.8, 4) is 0 Å². The van der Waals surface area contributed by atoms with Crippen molar-refractivity contribution >= 4 is 7.28 Å². The van der Waals surface area contributed by atoms with E-state index in [-0.39, 0.29) is 0 Å². The van der Waals surface area contributed by atoms with E-state index in [4.69, 9.17) is 0 Å². The van der Waals surface area contributed by atoms with Crippen molar-refractivity contribution in [1.29, 1.82) is 0 Å². The van der Waals surface area contributed by atoms with Crippen LogP contribution in [0.4, 0.5) is 0 Å². The highest BCUT2D eigenvalue weighted by molar-refractivity contribution is 6.35. The molecule has 1 rings (SSSR count). The van der Waals surface area contributed by atoms with Crippen molar-refractivity contribution in [3.05, 3.63) is 0 Å². The lowest BCUT2D eigenvalue weighted by molar-refractivity contribution is 0.636. The third-order valence-corrected chi connectivity index (χ3v) is 2.86. The predicted molar refractivity (Wildman–Crippen MR) is 48.0 cm³/mol. The molecule has 2 heteroatoms. The summed E-state index contributed by atoms with van der Waals surface area (Å²) in [5.41, 5.74) is 0. The number of nitrogens with one attached hydrogen (secondary N) is 1. The summed E-state index contributed by atoms with van der Waals surface area (Å²) in [5, 5.41) is 3.34. The van der Waals surface area contributed by atoms with Crippen molar-refractivity contribution in [2.24, 2.45) is 5.92 Å². The van der Waals surface area contributed by atoms with E-state index in [2.05, 4.69) is 26.1 Å². The smallest absolute Gasteiger partial charge is 0.121 e. The first kappa shape index (κ1) is 8.12. The van der Waals surface area contributed by atoms with Gasteiger partial charge in [-0.3, -0.25) is 0 Å². The molecule has 10 heavy (non-hydrogen) atoms. The van der Waals surface area contributed by atoms with Crippen LogP contribution in [0.15, 0.2) is 0 Å². The third kappa shape index (κ3) is 1.54. The summed E-state index contributed by atoms with van der Waals surface area (Å²) in [7, 11) is 3.44. The average molecular weight is 139 g/mol. The quantitative estimate of drug-likeness (QED) is 0.578. The van der Waals surface area contributed by atoms with Crippen molar-refractivity contribution < 1.29 is 0 Å². The molecule has 0 aromatic rings. The van der Waals surface area contributed by atoms with E-state index in [9.17, 15) is 0 Å². The topological polar surface area (TPSA) is 12.0 Å². The van der Waals surface area contributed by atoms with E-state index in [0.29, 0.717) is 0 Å². The van der Waals surface area contributed by atoms with Gasteiger partial charge in [-0.2, -0.15) is 0 Å². The molecule has 0 heterocycles. The van der Waals surface area contributed by atoms with E-state index >= 15 is 0 Å². The van der Waals surface area contributed by atoms with Gasteiger partial charge in [0.1, 0.15) is 7.28 Å². The first-order valence-corrected chi connectivity index (χ1v) is 4.50. The number of hydrogen-bond acceptors (Lipinski definition) is 1. The van der Waals surface area contributed by atoms with Crippen LogP contribution >= 0.6 is 0 Å². The van der Waals surface area contributed by atoms with Gasteiger partial charge in [-0.15, -0.1) is 0 Å². The Hall–Kier alpha value is 0.0249. The van der Waals surface area contributed by atoms with Crippen LogP contribution in [0.3, 0.4) is 0 Å². The second-order valence-corrected chi connectivity index (χ2v) is 3.37. The molecule has 1 saturated carbocycles. The summed E-state index contributed by atoms with van der Waals surface area (Å²) in [4.78, 5) is 0. The molecule has 1 aliphatic carbocycles. The van der Waals surface area contributed by atoms with Crippen LogP contribution in [-0.4, -0.2) is 20.4 Å². The van der Waals surface area contributed by atoms with Crippen LogP contribution < -0.4 is 5.32 Å². The minimum Gasteiger partial charge on any atom is -0.317 e. The Bertz CT molecular complexity index is 101. The van der Waals surface area contributed by atoms with Crippen LogP contribution in [0.5, 0.6) is 0 Å². The van der Waals surface area contributed by atoms with Crippen molar-refractivity contribution in [1.82, 2.24) is 5.32 Å². The summed E-state index contributed by atoms with van der Waals surface area (Å²) in [6.45, 7) is 4.61. The van der Waals surface area contributed by atoms with Crippen molar-refractivity contribution in [3.63, 3.8) is 0 Å². The van der Waals surface area contributed by atoms with Crippen LogP contribution in [0.2, 0.25) is 12.6 Å². The number of hydrogen-bond donors (Lipinski definition) is 1. The maximum atomic E-state index is 3.34. The zero-order valence-corrected chi connectivity index (χ0v) is 7.35. The average Bonchev–Trinajstić information content (AvgIpc) is 2.70. The first-order valence-electron chi connectivity index (χ1n) is 4.50. The van der Waals surface area contributed by atoms with Crippen LogP contribution in [0.25, 0.3) is 0 Å². The molecule has 3 unspecified atom stereocenters. The molecule has 0 amide bonds. The molecular weight excluding hydrogens is 121 g/mol. The van der Waals surface area contributed by atoms with E-state index < -0.39 is 0 Å². The van der Waals surface area contributed by atoms with Gasteiger partial charge in [0.25, 0.3) is 0 Å². The van der Waals surface area contributed by atoms with Gasteiger partial charge in [0.15, 0.2) is 0 Å². The second kappa shape index (κ2) is 3.43. The molecule has 3 atom stereocenters. The maximum absolute atomic E-state index is 3.34. The normalized spacial score (nSPS) is 33.5. The summed E-state index contributed by atoms with van der Waals surface area (Å²) in [6, 6.07) is 0.852. The molecule has 1 nitrogen and oxygen atoms in total. The van der Waals surface area contributed by atoms with Gasteiger partial charge in [0.2, 0.25) is 0 Å². The molecule has 0 saturated heterocycles. The number of rotatable bonds is 4. The highest BCUT2D eigenvalue weighted by atomic mass is 14.9. The molecule has 0 bridgehead atoms. The Kier molecular flexibility index (Phi) is 2.78. The Morgan fingerprint density at radius 3 is 2.70 bits per heavy atom. The largest absolute Gasteiger partial charge is 0.317 e. The second-order valence-electron chi connectivity index (χ2n) is 3.37. The van der Waals surface area contributed by atoms with Gasteiger partial charge in [0.05, 0.1) is 0 Å². The third-order valence-electron chi connectivity index (χ3n) is 2.86. The highest BCUT2D eigenvalue weighted by Gasteiger charge is 2.39. The lowest BCUT2D eigenvalue weighted by Gasteiger charge is -2.09. The molecule has 0 aromatic carbocycles. The van der Waals surface area contributed by atoms with E-state index in [1.807, 2.05) is 0 Å². The zero-order valence-electron chi connectivity index (χ0n) is 7.35. The van der Waals surface area contributed by atoms with Gasteiger partial charge in [-0.1, -0.05) is 26.0 Å². The highest BCUT2D eigenvalue weighted by Crippen LogP contribution is 2.41. The fourth-order valence-corrected chi connectivity index (χ4v) is 1.96. The van der Waals surface area contributed by atoms with Gasteiger partial charge < -0.3 is 5.32 Å². The minimum absolute atomic E-state index is 0.852. The van der Waals surface area contributed by atoms with E-state index in [1.165, 1.54) is 20.1 Å². The lowest BCUT2D eigenvalue weighted by atomic mass is 9.63. The summed E-state index contributed by atoms with van der Waals surface area (Å²) in [6.07, 6.45) is 2.78. The lowest BCUT2D eigenvalue weighted by Crippen LogP contribution is -2.14. The summed E-state index contributed by atoms with van der Waals surface area (Å²) in [5.74, 6) is 1.98. The molecule has 0 aliphatic heterocycles. The van der Waals surface area contributed by atoms with Crippen LogP contribution in [0, 0.1) is 5.92 Å². The van der Waals surface area contributed by atoms with Gasteiger partial charge in [0, 0.05) is 6.04 Å². The molecule has 0 spiro atoms. The molecule has 0 aromatic heterocycles. The summed E-state index contributed by atoms with van der Waals surface area (Å²) >= 11 is 0. The van der Waals surface area contributed by atoms with Crippen LogP contribution in [-0.2, 0) is 0 Å². The van der Waals surface area contributed by atoms with Gasteiger partial charge in [-0.05, 0) is 19.4 Å². The van der Waals surface area contributed by atoms with Crippen LogP contribution in [0.1, 0.15) is 19.8 Å². The minimum atomic E-state index is 0.852. The van der Waals surface area contributed by atoms with Gasteiger partial charge >= 0.3 is 0 Å². The van der Waals surface area contributed by atoms with Crippen molar-refractivity contribution in [2.75, 3.05) is 7.05 Å². The standard InChI is InChI=1S/C8H18BN/c1-4-7(9-2)6-5-8(6)10-3/h6-10H,4-5H2,1-3H3. The van der Waals surface area contributed by atoms with E-state index in [0.717, 1.165) is 17.8 Å².